The van der Waals surface area contributed by atoms with E-state index < -0.39 is 78.6 Å². The average molecular weight is 1020 g/mol. The molecule has 6 nitrogen and oxygen atoms in total. The van der Waals surface area contributed by atoms with Crippen LogP contribution in [0, 0.1) is 0 Å². The maximum Gasteiger partial charge on any atom is 0.143 e. The lowest BCUT2D eigenvalue weighted by atomic mass is 9.95. The largest absolute Gasteiger partial charge is 0.457 e. The zero-order valence-electron chi connectivity index (χ0n) is 56.4. The Morgan fingerprint density at radius 3 is 1.59 bits per heavy atom. The number of ether oxygens (including phenoxy) is 2. The average Bonchev–Trinajstić information content (AvgIpc) is 1.65. The van der Waals surface area contributed by atoms with Gasteiger partial charge in [0.25, 0.3) is 0 Å². The number of benzene rings is 11. The molecule has 1 aliphatic heterocycles. The summed E-state index contributed by atoms with van der Waals surface area (Å²) in [6, 6.07) is 52.9. The first-order chi connectivity index (χ1) is 44.9. The standard InChI is InChI=1S/C72H50N4O2/c1-6-21-50(22-7-1)55-39-42-66-65(45-55)64-41-40-58(47-69(64)76(66)70-48-59(43-44-73-70)78-72-62(53-27-12-4-13-28-53)35-20-36-63(72)54-29-14-5-15-30-54)77-57-32-18-31-56(46-57)74-49-75(68-38-17-16-37-67(68)74)71-60(51-23-8-2-9-24-51)33-19-34-61(71)52-25-10-3-11-26-52/h1-48H,49H2/i1D,2D,3D,6D,7D,8D,9D,10D,11D,21D,22D,23D,24D,25D,26D. The fourth-order valence-corrected chi connectivity index (χ4v) is 10.4. The van der Waals surface area contributed by atoms with E-state index in [0.29, 0.717) is 67.9 Å². The van der Waals surface area contributed by atoms with Crippen molar-refractivity contribution in [3.63, 3.8) is 0 Å². The van der Waals surface area contributed by atoms with E-state index in [1.807, 2.05) is 172 Å². The number of rotatable bonds is 12. The van der Waals surface area contributed by atoms with Crippen LogP contribution in [0.25, 0.3) is 83.3 Å². The van der Waals surface area contributed by atoms with Gasteiger partial charge in [-0.3, -0.25) is 4.57 Å². The van der Waals surface area contributed by atoms with Crippen molar-refractivity contribution < 1.29 is 30.0 Å². The third-order valence-electron chi connectivity index (χ3n) is 13.8. The van der Waals surface area contributed by atoms with Crippen molar-refractivity contribution in [2.45, 2.75) is 0 Å². The van der Waals surface area contributed by atoms with Crippen molar-refractivity contribution in [2.75, 3.05) is 16.5 Å². The molecule has 0 spiro atoms. The lowest BCUT2D eigenvalue weighted by Crippen LogP contribution is -2.24. The van der Waals surface area contributed by atoms with E-state index in [1.165, 1.54) is 0 Å². The number of hydrogen-bond acceptors (Lipinski definition) is 5. The van der Waals surface area contributed by atoms with Crippen LogP contribution in [-0.2, 0) is 0 Å². The minimum Gasteiger partial charge on any atom is -0.457 e. The quantitative estimate of drug-likeness (QED) is 0.122. The number of aromatic nitrogens is 2. The van der Waals surface area contributed by atoms with Crippen molar-refractivity contribution in [3.05, 3.63) is 291 Å². The molecule has 1 aliphatic rings. The van der Waals surface area contributed by atoms with Gasteiger partial charge in [-0.25, -0.2) is 4.98 Å². The first-order valence-electron chi connectivity index (χ1n) is 32.6. The van der Waals surface area contributed by atoms with Crippen LogP contribution < -0.4 is 19.3 Å². The zero-order chi connectivity index (χ0) is 64.8. The van der Waals surface area contributed by atoms with Crippen molar-refractivity contribution in [1.82, 2.24) is 9.55 Å². The van der Waals surface area contributed by atoms with E-state index in [-0.39, 0.29) is 52.3 Å². The van der Waals surface area contributed by atoms with Crippen molar-refractivity contribution >= 4 is 44.6 Å². The van der Waals surface area contributed by atoms with Crippen LogP contribution in [0.15, 0.2) is 291 Å². The zero-order valence-corrected chi connectivity index (χ0v) is 41.4. The SMILES string of the molecule is [2H]c1c([2H])c([2H])c(-c2ccc3c(c2)c2ccc(Oc4cccc(N5CN(c6c(-c7c([2H])c([2H])c([2H])c([2H])c7[2H])cccc6-c6c([2H])c([2H])c([2H])c([2H])c6[2H])c6ccccc65)c4)cc2n3-c2cc(Oc3c(-c4ccccc4)cccc3-c3ccccc3)ccn2)c([2H])c1[2H]. The maximum absolute atomic E-state index is 9.13. The second-order valence-electron chi connectivity index (χ2n) is 18.4. The topological polar surface area (TPSA) is 42.8 Å². The molecule has 0 saturated heterocycles. The summed E-state index contributed by atoms with van der Waals surface area (Å²) in [6.07, 6.45) is 1.67. The molecule has 0 bridgehead atoms. The molecule has 0 amide bonds. The molecule has 0 aliphatic carbocycles. The Kier molecular flexibility index (Phi) is 8.41. The second-order valence-corrected chi connectivity index (χ2v) is 18.4. The van der Waals surface area contributed by atoms with E-state index in [4.69, 9.17) is 35.0 Å². The highest BCUT2D eigenvalue weighted by Crippen LogP contribution is 2.51. The Hall–Kier alpha value is -10.4. The highest BCUT2D eigenvalue weighted by molar-refractivity contribution is 6.11. The van der Waals surface area contributed by atoms with Gasteiger partial charge in [0.2, 0.25) is 0 Å². The predicted molar refractivity (Wildman–Crippen MR) is 321 cm³/mol. The highest BCUT2D eigenvalue weighted by Gasteiger charge is 2.31. The summed E-state index contributed by atoms with van der Waals surface area (Å²) in [5.74, 6) is 2.44. The maximum atomic E-state index is 9.13. The molecule has 3 heterocycles. The lowest BCUT2D eigenvalue weighted by Gasteiger charge is -2.27. The molecule has 11 aromatic carbocycles. The first kappa shape index (κ1) is 32.8. The lowest BCUT2D eigenvalue weighted by molar-refractivity contribution is 0.483. The molecule has 6 heteroatoms. The summed E-state index contributed by atoms with van der Waals surface area (Å²) in [5, 5.41) is 1.42. The Labute approximate surface area is 474 Å². The fourth-order valence-electron chi connectivity index (χ4n) is 10.4. The van der Waals surface area contributed by atoms with Gasteiger partial charge in [0.15, 0.2) is 0 Å². The van der Waals surface area contributed by atoms with Crippen LogP contribution in [0.5, 0.6) is 23.0 Å². The van der Waals surface area contributed by atoms with Gasteiger partial charge in [0.1, 0.15) is 35.5 Å². The molecule has 0 unspecified atom stereocenters. The minimum atomic E-state index is -0.587. The van der Waals surface area contributed by atoms with Crippen LogP contribution in [0.3, 0.4) is 0 Å². The third-order valence-corrected chi connectivity index (χ3v) is 13.8. The number of pyridine rings is 1. The highest BCUT2D eigenvalue weighted by atomic mass is 16.5. The number of anilines is 4. The Balaban J connectivity index is 0.884. The molecule has 78 heavy (non-hydrogen) atoms. The molecule has 0 atom stereocenters. The second kappa shape index (κ2) is 20.0. The minimum absolute atomic E-state index is 0.0300. The Bertz CT molecular complexity index is 5010. The molecule has 0 saturated carbocycles. The normalized spacial score (nSPS) is 14.7. The van der Waals surface area contributed by atoms with Crippen LogP contribution in [0.4, 0.5) is 22.7 Å². The predicted octanol–water partition coefficient (Wildman–Crippen LogP) is 19.3. The summed E-state index contributed by atoms with van der Waals surface area (Å²) in [7, 11) is 0. The molecule has 0 N–H and O–H groups in total. The molecule has 0 fully saturated rings. The van der Waals surface area contributed by atoms with Crippen LogP contribution >= 0.6 is 0 Å². The molecule has 0 radical (unpaired) electrons. The van der Waals surface area contributed by atoms with Gasteiger partial charge in [-0.15, -0.1) is 0 Å². The summed E-state index contributed by atoms with van der Waals surface area (Å²) >= 11 is 0. The van der Waals surface area contributed by atoms with Gasteiger partial charge in [0.05, 0.1) is 48.7 Å². The fraction of sp³-hybridized carbons (Fsp3) is 0.0139. The molecule has 2 aromatic heterocycles. The summed E-state index contributed by atoms with van der Waals surface area (Å²) in [6.45, 7) is 0.0300. The summed E-state index contributed by atoms with van der Waals surface area (Å²) in [5.41, 5.74) is 7.71. The summed E-state index contributed by atoms with van der Waals surface area (Å²) < 4.78 is 147. The van der Waals surface area contributed by atoms with E-state index in [9.17, 15) is 0 Å². The number of hydrogen-bond donors (Lipinski definition) is 0. The van der Waals surface area contributed by atoms with Gasteiger partial charge >= 0.3 is 0 Å². The van der Waals surface area contributed by atoms with E-state index in [0.717, 1.165) is 27.6 Å². The molecule has 370 valence electrons. The third kappa shape index (κ3) is 8.57. The smallest absolute Gasteiger partial charge is 0.143 e. The van der Waals surface area contributed by atoms with E-state index >= 15 is 0 Å². The summed E-state index contributed by atoms with van der Waals surface area (Å²) in [4.78, 5) is 8.78. The van der Waals surface area contributed by atoms with Crippen molar-refractivity contribution in [2.24, 2.45) is 0 Å². The van der Waals surface area contributed by atoms with Crippen LogP contribution in [0.2, 0.25) is 0 Å². The first-order valence-corrected chi connectivity index (χ1v) is 25.1. The molecular formula is C72H50N4O2. The van der Waals surface area contributed by atoms with Gasteiger partial charge in [-0.05, 0) is 88.0 Å². The van der Waals surface area contributed by atoms with Gasteiger partial charge in [-0.1, -0.05) is 212 Å². The van der Waals surface area contributed by atoms with Crippen LogP contribution in [-0.4, -0.2) is 16.2 Å². The molecular weight excluding hydrogens is 953 g/mol. The van der Waals surface area contributed by atoms with E-state index in [1.54, 1.807) is 42.6 Å². The van der Waals surface area contributed by atoms with Gasteiger partial charge in [-0.2, -0.15) is 0 Å². The van der Waals surface area contributed by atoms with Crippen molar-refractivity contribution in [1.29, 1.82) is 0 Å². The number of para-hydroxylation sites is 4. The van der Waals surface area contributed by atoms with Gasteiger partial charge < -0.3 is 19.3 Å². The van der Waals surface area contributed by atoms with Crippen LogP contribution in [0.1, 0.15) is 20.6 Å². The van der Waals surface area contributed by atoms with Crippen molar-refractivity contribution in [3.8, 4) is 84.5 Å². The Morgan fingerprint density at radius 1 is 0.372 bits per heavy atom. The number of nitrogens with zero attached hydrogens (tertiary/aromatic N) is 4. The monoisotopic (exact) mass is 1020 g/mol. The molecule has 13 aromatic rings. The molecule has 14 rings (SSSR count). The van der Waals surface area contributed by atoms with Gasteiger partial charge in [0, 0.05) is 63.1 Å². The van der Waals surface area contributed by atoms with E-state index in [2.05, 4.69) is 0 Å². The number of fused-ring (bicyclic) bond motifs is 4. The Morgan fingerprint density at radius 2 is 0.936 bits per heavy atom.